The van der Waals surface area contributed by atoms with Crippen molar-refractivity contribution in [2.24, 2.45) is 11.4 Å². The number of benzene rings is 1. The Balaban J connectivity index is 1.94. The minimum atomic E-state index is -4.06. The van der Waals surface area contributed by atoms with Gasteiger partial charge in [0.1, 0.15) is 5.70 Å². The number of ketones is 1. The quantitative estimate of drug-likeness (QED) is 0.779. The summed E-state index contributed by atoms with van der Waals surface area (Å²) in [7, 11) is -1.07. The zero-order chi connectivity index (χ0) is 20.6. The highest BCUT2D eigenvalue weighted by Gasteiger charge is 2.31. The third kappa shape index (κ3) is 3.58. The number of amides is 1. The molecule has 2 heterocycles. The van der Waals surface area contributed by atoms with Crippen LogP contribution in [-0.2, 0) is 22.1 Å². The normalized spacial score (nSPS) is 15.6. The lowest BCUT2D eigenvalue weighted by molar-refractivity contribution is -0.113. The average Bonchev–Trinajstić information content (AvgIpc) is 2.96. The topological polar surface area (TPSA) is 114 Å². The number of likely N-dealkylation sites (N-methyl/N-ethyl adjacent to an activating group) is 1. The van der Waals surface area contributed by atoms with E-state index in [4.69, 9.17) is 0 Å². The summed E-state index contributed by atoms with van der Waals surface area (Å²) >= 11 is 0. The summed E-state index contributed by atoms with van der Waals surface area (Å²) in [6, 6.07) is 6.32. The van der Waals surface area contributed by atoms with Gasteiger partial charge in [-0.1, -0.05) is 0 Å². The van der Waals surface area contributed by atoms with E-state index in [0.29, 0.717) is 22.5 Å². The summed E-state index contributed by atoms with van der Waals surface area (Å²) in [5.74, 6) is -0.707. The van der Waals surface area contributed by atoms with Gasteiger partial charge in [0.05, 0.1) is 11.9 Å². The Kier molecular flexibility index (Phi) is 4.90. The molecule has 3 rings (SSSR count). The number of hydrogen-bond acceptors (Lipinski definition) is 5. The van der Waals surface area contributed by atoms with E-state index in [1.807, 2.05) is 0 Å². The van der Waals surface area contributed by atoms with E-state index < -0.39 is 16.1 Å². The molecule has 1 aliphatic rings. The molecule has 10 heteroatoms. The number of aromatic nitrogens is 2. The lowest BCUT2D eigenvalue weighted by Crippen LogP contribution is -2.35. The van der Waals surface area contributed by atoms with Crippen LogP contribution in [0.25, 0.3) is 0 Å². The first-order valence-corrected chi connectivity index (χ1v) is 9.71. The van der Waals surface area contributed by atoms with Crippen LogP contribution in [0, 0.1) is 6.92 Å². The summed E-state index contributed by atoms with van der Waals surface area (Å²) in [5.41, 5.74) is 2.24. The standard InChI is InChI=1S/C18H19N5O4S/c1-11-15(10-19-22(11)3)16-9-17(23(4)28(26,27)21-16)18(25)20-14-7-5-13(6-8-14)12(2)24/h5-10H,1-4H3,(H,20,25). The van der Waals surface area contributed by atoms with Crippen LogP contribution in [0.4, 0.5) is 5.69 Å². The Hall–Kier alpha value is -3.27. The van der Waals surface area contributed by atoms with Crippen LogP contribution in [0.2, 0.25) is 0 Å². The molecule has 0 spiro atoms. The molecule has 0 bridgehead atoms. The van der Waals surface area contributed by atoms with E-state index >= 15 is 0 Å². The molecule has 0 radical (unpaired) electrons. The van der Waals surface area contributed by atoms with Gasteiger partial charge in [0.2, 0.25) is 0 Å². The SMILES string of the molecule is CC(=O)c1ccc(NC(=O)C2=CC(c3cnn(C)c3C)=NS(=O)(=O)N2C)cc1. The first-order chi connectivity index (χ1) is 13.1. The van der Waals surface area contributed by atoms with Crippen LogP contribution in [0.1, 0.15) is 28.5 Å². The average molecular weight is 401 g/mol. The van der Waals surface area contributed by atoms with E-state index in [1.165, 1.54) is 26.2 Å². The molecule has 1 N–H and O–H groups in total. The van der Waals surface area contributed by atoms with E-state index in [1.54, 1.807) is 42.9 Å². The smallest absolute Gasteiger partial charge is 0.321 e. The number of Topliss-reactive ketones (excluding diaryl/α,β-unsaturated/α-hetero) is 1. The molecule has 9 nitrogen and oxygen atoms in total. The van der Waals surface area contributed by atoms with Gasteiger partial charge in [-0.05, 0) is 44.2 Å². The van der Waals surface area contributed by atoms with E-state index in [0.717, 1.165) is 4.31 Å². The Labute approximate surface area is 162 Å². The highest BCUT2D eigenvalue weighted by molar-refractivity contribution is 7.88. The Morgan fingerprint density at radius 3 is 2.29 bits per heavy atom. The number of nitrogens with one attached hydrogen (secondary N) is 1. The van der Waals surface area contributed by atoms with Crippen LogP contribution in [-0.4, -0.2) is 47.0 Å². The molecule has 0 aliphatic carbocycles. The Morgan fingerprint density at radius 2 is 1.75 bits per heavy atom. The number of nitrogens with zero attached hydrogens (tertiary/aromatic N) is 4. The van der Waals surface area contributed by atoms with Gasteiger partial charge in [-0.25, -0.2) is 4.31 Å². The number of carbonyl (C=O) groups excluding carboxylic acids is 2. The minimum Gasteiger partial charge on any atom is -0.321 e. The maximum absolute atomic E-state index is 12.7. The van der Waals surface area contributed by atoms with Crippen molar-refractivity contribution < 1.29 is 18.0 Å². The molecule has 1 aromatic heterocycles. The van der Waals surface area contributed by atoms with E-state index in [-0.39, 0.29) is 17.2 Å². The summed E-state index contributed by atoms with van der Waals surface area (Å²) in [6.45, 7) is 3.22. The van der Waals surface area contributed by atoms with Crippen LogP contribution in [0.15, 0.2) is 46.6 Å². The molecule has 0 atom stereocenters. The first-order valence-electron chi connectivity index (χ1n) is 8.32. The van der Waals surface area contributed by atoms with Gasteiger partial charge in [0.15, 0.2) is 5.78 Å². The maximum atomic E-state index is 12.7. The third-order valence-electron chi connectivity index (χ3n) is 4.47. The van der Waals surface area contributed by atoms with E-state index in [2.05, 4.69) is 14.8 Å². The molecule has 1 aromatic carbocycles. The predicted octanol–water partition coefficient (Wildman–Crippen LogP) is 1.43. The van der Waals surface area contributed by atoms with Crippen molar-refractivity contribution in [2.45, 2.75) is 13.8 Å². The van der Waals surface area contributed by atoms with Crippen LogP contribution >= 0.6 is 0 Å². The molecule has 146 valence electrons. The van der Waals surface area contributed by atoms with Crippen molar-refractivity contribution in [1.29, 1.82) is 0 Å². The maximum Gasteiger partial charge on any atom is 0.345 e. The highest BCUT2D eigenvalue weighted by atomic mass is 32.2. The van der Waals surface area contributed by atoms with Gasteiger partial charge >= 0.3 is 10.2 Å². The lowest BCUT2D eigenvalue weighted by Gasteiger charge is -2.23. The molecule has 1 aliphatic heterocycles. The summed E-state index contributed by atoms with van der Waals surface area (Å²) in [5, 5.41) is 6.73. The van der Waals surface area contributed by atoms with Crippen molar-refractivity contribution in [3.8, 4) is 0 Å². The lowest BCUT2D eigenvalue weighted by atomic mass is 10.1. The van der Waals surface area contributed by atoms with Crippen LogP contribution in [0.5, 0.6) is 0 Å². The van der Waals surface area contributed by atoms with Crippen molar-refractivity contribution in [3.05, 3.63) is 59.1 Å². The summed E-state index contributed by atoms with van der Waals surface area (Å²) in [4.78, 5) is 24.1. The second-order valence-corrected chi connectivity index (χ2v) is 7.93. The zero-order valence-corrected chi connectivity index (χ0v) is 16.6. The number of anilines is 1. The molecule has 0 saturated carbocycles. The number of allylic oxidation sites excluding steroid dienone is 1. The molecule has 1 amide bonds. The summed E-state index contributed by atoms with van der Waals surface area (Å²) < 4.78 is 31.0. The predicted molar refractivity (Wildman–Crippen MR) is 104 cm³/mol. The van der Waals surface area contributed by atoms with Crippen LogP contribution < -0.4 is 5.32 Å². The van der Waals surface area contributed by atoms with Crippen LogP contribution in [0.3, 0.4) is 0 Å². The fourth-order valence-electron chi connectivity index (χ4n) is 2.63. The Bertz CT molecular complexity index is 1130. The highest BCUT2D eigenvalue weighted by Crippen LogP contribution is 2.22. The second-order valence-electron chi connectivity index (χ2n) is 6.31. The molecule has 0 saturated heterocycles. The third-order valence-corrected chi connectivity index (χ3v) is 5.78. The number of aryl methyl sites for hydroxylation is 1. The first kappa shape index (κ1) is 19.5. The molecule has 0 unspecified atom stereocenters. The molecular weight excluding hydrogens is 382 g/mol. The number of carbonyl (C=O) groups is 2. The fraction of sp³-hybridized carbons (Fsp3) is 0.222. The van der Waals surface area contributed by atoms with Crippen molar-refractivity contribution in [2.75, 3.05) is 12.4 Å². The van der Waals surface area contributed by atoms with Gasteiger partial charge in [-0.2, -0.15) is 13.5 Å². The van der Waals surface area contributed by atoms with Gasteiger partial charge in [-0.3, -0.25) is 14.3 Å². The van der Waals surface area contributed by atoms with Gasteiger partial charge < -0.3 is 5.32 Å². The Morgan fingerprint density at radius 1 is 1.11 bits per heavy atom. The van der Waals surface area contributed by atoms with Crippen molar-refractivity contribution >= 4 is 33.3 Å². The zero-order valence-electron chi connectivity index (χ0n) is 15.8. The number of hydrogen-bond donors (Lipinski definition) is 1. The monoisotopic (exact) mass is 401 g/mol. The van der Waals surface area contributed by atoms with Crippen molar-refractivity contribution in [1.82, 2.24) is 14.1 Å². The fourth-order valence-corrected chi connectivity index (χ4v) is 3.53. The molecule has 28 heavy (non-hydrogen) atoms. The minimum absolute atomic E-state index is 0.0797. The van der Waals surface area contributed by atoms with Crippen molar-refractivity contribution in [3.63, 3.8) is 0 Å². The molecule has 0 fully saturated rings. The summed E-state index contributed by atoms with van der Waals surface area (Å²) in [6.07, 6.45) is 2.91. The van der Waals surface area contributed by atoms with Gasteiger partial charge in [-0.15, -0.1) is 4.40 Å². The van der Waals surface area contributed by atoms with Gasteiger partial charge in [0.25, 0.3) is 5.91 Å². The molecule has 2 aromatic rings. The number of rotatable bonds is 4. The largest absolute Gasteiger partial charge is 0.345 e. The molecular formula is C18H19N5O4S. The van der Waals surface area contributed by atoms with E-state index in [9.17, 15) is 18.0 Å². The second kappa shape index (κ2) is 7.04. The van der Waals surface area contributed by atoms with Gasteiger partial charge in [0, 0.05) is 36.6 Å².